The Morgan fingerprint density at radius 2 is 2.20 bits per heavy atom. The monoisotopic (exact) mass is 281 g/mol. The van der Waals surface area contributed by atoms with Crippen LogP contribution in [0.15, 0.2) is 35.9 Å². The van der Waals surface area contributed by atoms with Gasteiger partial charge in [0.1, 0.15) is 4.99 Å². The quantitative estimate of drug-likeness (QED) is 0.504. The molecule has 0 aliphatic carbocycles. The van der Waals surface area contributed by atoms with Gasteiger partial charge in [-0.05, 0) is 23.6 Å². The summed E-state index contributed by atoms with van der Waals surface area (Å²) in [6.07, 6.45) is 4.19. The van der Waals surface area contributed by atoms with Gasteiger partial charge in [0.15, 0.2) is 0 Å². The molecule has 0 saturated carbocycles. The summed E-state index contributed by atoms with van der Waals surface area (Å²) in [5, 5.41) is 4.25. The average Bonchev–Trinajstić information content (AvgIpc) is 2.26. The molecule has 1 aromatic rings. The number of para-hydroxylation sites is 1. The number of allylic oxidation sites excluding steroid dienone is 1. The van der Waals surface area contributed by atoms with Crippen molar-refractivity contribution in [2.45, 2.75) is 12.8 Å². The third kappa shape index (κ3) is 2.47. The van der Waals surface area contributed by atoms with Gasteiger partial charge in [-0.3, -0.25) is 0 Å². The zero-order chi connectivity index (χ0) is 10.7. The van der Waals surface area contributed by atoms with Crippen molar-refractivity contribution in [3.8, 4) is 0 Å². The largest absolute Gasteiger partial charge is 0.346 e. The Labute approximate surface area is 104 Å². The standard InChI is InChI=1S/C12H12BrNS/c13-7-3-5-10-8-9-4-1-2-6-11(9)14-12(10)15/h1-2,4-6H,3,7-8H2,(H,14,15)/b10-5+. The Kier molecular flexibility index (Phi) is 3.54. The van der Waals surface area contributed by atoms with Crippen LogP contribution in [0.4, 0.5) is 5.69 Å². The molecule has 0 fully saturated rings. The van der Waals surface area contributed by atoms with E-state index in [-0.39, 0.29) is 0 Å². The van der Waals surface area contributed by atoms with E-state index in [0.717, 1.165) is 28.8 Å². The summed E-state index contributed by atoms with van der Waals surface area (Å²) in [6, 6.07) is 8.31. The van der Waals surface area contributed by atoms with Crippen LogP contribution in [0, 0.1) is 0 Å². The van der Waals surface area contributed by atoms with Crippen LogP contribution in [0.5, 0.6) is 0 Å². The maximum absolute atomic E-state index is 5.32. The Morgan fingerprint density at radius 3 is 3.00 bits per heavy atom. The van der Waals surface area contributed by atoms with Crippen molar-refractivity contribution in [1.29, 1.82) is 0 Å². The van der Waals surface area contributed by atoms with Crippen molar-refractivity contribution in [1.82, 2.24) is 0 Å². The molecule has 2 rings (SSSR count). The third-order valence-electron chi connectivity index (χ3n) is 2.44. The lowest BCUT2D eigenvalue weighted by Crippen LogP contribution is -2.20. The van der Waals surface area contributed by atoms with Gasteiger partial charge in [0, 0.05) is 17.4 Å². The van der Waals surface area contributed by atoms with Crippen molar-refractivity contribution in [3.63, 3.8) is 0 Å². The maximum atomic E-state index is 5.32. The van der Waals surface area contributed by atoms with Gasteiger partial charge >= 0.3 is 0 Å². The van der Waals surface area contributed by atoms with Crippen molar-refractivity contribution >= 4 is 38.8 Å². The Bertz CT molecular complexity index is 412. The fourth-order valence-corrected chi connectivity index (χ4v) is 2.17. The first-order valence-electron chi connectivity index (χ1n) is 4.95. The number of benzene rings is 1. The zero-order valence-corrected chi connectivity index (χ0v) is 10.7. The predicted molar refractivity (Wildman–Crippen MR) is 72.9 cm³/mol. The molecular formula is C12H12BrNS. The van der Waals surface area contributed by atoms with Crippen LogP contribution in [-0.4, -0.2) is 10.3 Å². The molecule has 78 valence electrons. The zero-order valence-electron chi connectivity index (χ0n) is 8.29. The second-order valence-corrected chi connectivity index (χ2v) is 4.70. The number of fused-ring (bicyclic) bond motifs is 1. The van der Waals surface area contributed by atoms with E-state index in [1.165, 1.54) is 11.1 Å². The summed E-state index contributed by atoms with van der Waals surface area (Å²) in [6.45, 7) is 0. The van der Waals surface area contributed by atoms with Crippen molar-refractivity contribution in [2.24, 2.45) is 0 Å². The van der Waals surface area contributed by atoms with E-state index in [1.807, 2.05) is 6.07 Å². The third-order valence-corrected chi connectivity index (χ3v) is 3.26. The first kappa shape index (κ1) is 10.8. The molecule has 0 atom stereocenters. The molecule has 1 aliphatic heterocycles. The molecule has 0 bridgehead atoms. The fraction of sp³-hybridized carbons (Fsp3) is 0.250. The highest BCUT2D eigenvalue weighted by Crippen LogP contribution is 2.25. The number of hydrogen-bond donors (Lipinski definition) is 1. The highest BCUT2D eigenvalue weighted by Gasteiger charge is 2.15. The van der Waals surface area contributed by atoms with Crippen LogP contribution >= 0.6 is 28.1 Å². The summed E-state index contributed by atoms with van der Waals surface area (Å²) < 4.78 is 0. The first-order chi connectivity index (χ1) is 7.31. The second-order valence-electron chi connectivity index (χ2n) is 3.50. The molecule has 0 unspecified atom stereocenters. The van der Waals surface area contributed by atoms with Crippen LogP contribution in [0.25, 0.3) is 0 Å². The summed E-state index contributed by atoms with van der Waals surface area (Å²) in [7, 11) is 0. The molecule has 15 heavy (non-hydrogen) atoms. The van der Waals surface area contributed by atoms with Gasteiger partial charge in [-0.15, -0.1) is 0 Å². The summed E-state index contributed by atoms with van der Waals surface area (Å²) in [5.74, 6) is 0. The molecule has 0 saturated heterocycles. The molecule has 1 nitrogen and oxygen atoms in total. The molecule has 3 heteroatoms. The maximum Gasteiger partial charge on any atom is 0.106 e. The fourth-order valence-electron chi connectivity index (χ4n) is 1.68. The molecule has 1 aliphatic rings. The molecule has 0 amide bonds. The van der Waals surface area contributed by atoms with Gasteiger partial charge in [0.2, 0.25) is 0 Å². The highest BCUT2D eigenvalue weighted by atomic mass is 79.9. The molecule has 1 aromatic carbocycles. The van der Waals surface area contributed by atoms with Crippen LogP contribution in [0.3, 0.4) is 0 Å². The number of hydrogen-bond acceptors (Lipinski definition) is 1. The second kappa shape index (κ2) is 4.90. The van der Waals surface area contributed by atoms with Gasteiger partial charge in [-0.2, -0.15) is 0 Å². The van der Waals surface area contributed by atoms with E-state index in [1.54, 1.807) is 0 Å². The topological polar surface area (TPSA) is 12.0 Å². The summed E-state index contributed by atoms with van der Waals surface area (Å²) in [5.41, 5.74) is 3.72. The number of rotatable bonds is 2. The number of nitrogens with one attached hydrogen (secondary N) is 1. The molecule has 1 heterocycles. The minimum absolute atomic E-state index is 0.870. The van der Waals surface area contributed by atoms with Gasteiger partial charge in [-0.25, -0.2) is 0 Å². The van der Waals surface area contributed by atoms with Gasteiger partial charge in [0.25, 0.3) is 0 Å². The van der Waals surface area contributed by atoms with Crippen LogP contribution < -0.4 is 5.32 Å². The normalized spacial score (nSPS) is 17.4. The predicted octanol–water partition coefficient (Wildman–Crippen LogP) is 3.69. The smallest absolute Gasteiger partial charge is 0.106 e. The van der Waals surface area contributed by atoms with Crippen LogP contribution in [-0.2, 0) is 6.42 Å². The first-order valence-corrected chi connectivity index (χ1v) is 6.48. The lowest BCUT2D eigenvalue weighted by molar-refractivity contribution is 1.15. The summed E-state index contributed by atoms with van der Waals surface area (Å²) >= 11 is 8.74. The molecular weight excluding hydrogens is 270 g/mol. The van der Waals surface area contributed by atoms with Crippen molar-refractivity contribution < 1.29 is 0 Å². The van der Waals surface area contributed by atoms with E-state index in [9.17, 15) is 0 Å². The van der Waals surface area contributed by atoms with Gasteiger partial charge in [-0.1, -0.05) is 52.4 Å². The van der Waals surface area contributed by atoms with E-state index in [0.29, 0.717) is 0 Å². The SMILES string of the molecule is S=C1Nc2ccccc2C/C1=C\CCBr. The number of thiocarbonyl (C=S) groups is 1. The lowest BCUT2D eigenvalue weighted by Gasteiger charge is -2.21. The van der Waals surface area contributed by atoms with E-state index in [4.69, 9.17) is 12.2 Å². The van der Waals surface area contributed by atoms with E-state index >= 15 is 0 Å². The molecule has 0 aromatic heterocycles. The highest BCUT2D eigenvalue weighted by molar-refractivity contribution is 9.09. The minimum Gasteiger partial charge on any atom is -0.346 e. The van der Waals surface area contributed by atoms with Crippen LogP contribution in [0.1, 0.15) is 12.0 Å². The Morgan fingerprint density at radius 1 is 1.40 bits per heavy atom. The molecule has 1 N–H and O–H groups in total. The Hall–Kier alpha value is -0.670. The number of anilines is 1. The number of alkyl halides is 1. The molecule has 0 radical (unpaired) electrons. The molecule has 0 spiro atoms. The average molecular weight is 282 g/mol. The van der Waals surface area contributed by atoms with E-state index < -0.39 is 0 Å². The number of halogens is 1. The lowest BCUT2D eigenvalue weighted by atomic mass is 9.98. The van der Waals surface area contributed by atoms with Crippen molar-refractivity contribution in [2.75, 3.05) is 10.6 Å². The summed E-state index contributed by atoms with van der Waals surface area (Å²) in [4.78, 5) is 0.870. The Balaban J connectivity index is 2.26. The van der Waals surface area contributed by atoms with Gasteiger partial charge < -0.3 is 5.32 Å². The van der Waals surface area contributed by atoms with Crippen molar-refractivity contribution in [3.05, 3.63) is 41.5 Å². The minimum atomic E-state index is 0.870. The van der Waals surface area contributed by atoms with E-state index in [2.05, 4.69) is 45.5 Å². The van der Waals surface area contributed by atoms with Gasteiger partial charge in [0.05, 0.1) is 0 Å². The van der Waals surface area contributed by atoms with Crippen LogP contribution in [0.2, 0.25) is 0 Å².